The maximum atomic E-state index is 2.45. The van der Waals surface area contributed by atoms with Crippen molar-refractivity contribution in [2.75, 3.05) is 0 Å². The standard InChI is InChI=1S/C54H34N2S/c1-2-15-35(16-3-1)36-29-37(31-39(30-36)42-22-14-23-48-47-21-8-13-28-53(47)57-54(42)48)38-32-40(55-49-24-9-4-17-43(49)44-18-5-10-25-50(44)55)34-41(33-38)56-51-26-11-6-19-45(51)46-20-7-12-27-52(46)56/h1-34H. The lowest BCUT2D eigenvalue weighted by molar-refractivity contribution is 1.13. The van der Waals surface area contributed by atoms with Gasteiger partial charge in [-0.1, -0.05) is 140 Å². The molecule has 0 aliphatic heterocycles. The minimum Gasteiger partial charge on any atom is -0.309 e. The van der Waals surface area contributed by atoms with Gasteiger partial charge in [0.05, 0.1) is 22.1 Å². The fourth-order valence-corrected chi connectivity index (χ4v) is 10.4. The SMILES string of the molecule is c1ccc(-c2cc(-c3cc(-n4c5ccccc5c5ccccc54)cc(-n4c5ccccc5c5ccccc54)c3)cc(-c3cccc4c3sc3ccccc34)c2)cc1. The van der Waals surface area contributed by atoms with E-state index in [0.717, 1.165) is 16.9 Å². The van der Waals surface area contributed by atoms with Crippen LogP contribution in [0.4, 0.5) is 0 Å². The van der Waals surface area contributed by atoms with Crippen molar-refractivity contribution in [2.24, 2.45) is 0 Å². The van der Waals surface area contributed by atoms with Gasteiger partial charge in [0.15, 0.2) is 0 Å². The monoisotopic (exact) mass is 742 g/mol. The molecule has 3 aromatic heterocycles. The minimum atomic E-state index is 1.13. The maximum Gasteiger partial charge on any atom is 0.0541 e. The second-order valence-electron chi connectivity index (χ2n) is 14.9. The molecule has 0 saturated carbocycles. The van der Waals surface area contributed by atoms with E-state index in [9.17, 15) is 0 Å². The highest BCUT2D eigenvalue weighted by Crippen LogP contribution is 2.43. The summed E-state index contributed by atoms with van der Waals surface area (Å²) in [6, 6.07) is 75.9. The third kappa shape index (κ3) is 5.03. The molecule has 0 amide bonds. The normalized spacial score (nSPS) is 11.9. The summed E-state index contributed by atoms with van der Waals surface area (Å²) in [5.74, 6) is 0. The van der Waals surface area contributed by atoms with E-state index in [-0.39, 0.29) is 0 Å². The van der Waals surface area contributed by atoms with Gasteiger partial charge in [-0.05, 0) is 100 Å². The number of thiophene rings is 1. The average Bonchev–Trinajstić information content (AvgIpc) is 3.94. The number of nitrogens with zero attached hydrogens (tertiary/aromatic N) is 2. The number of para-hydroxylation sites is 4. The summed E-state index contributed by atoms with van der Waals surface area (Å²) < 4.78 is 7.53. The maximum absolute atomic E-state index is 2.45. The number of hydrogen-bond acceptors (Lipinski definition) is 1. The molecule has 0 aliphatic rings. The first-order valence-corrected chi connectivity index (χ1v) is 20.3. The molecule has 0 fully saturated rings. The van der Waals surface area contributed by atoms with Gasteiger partial charge in [0.1, 0.15) is 0 Å². The molecular weight excluding hydrogens is 709 g/mol. The summed E-state index contributed by atoms with van der Waals surface area (Å²) in [6.45, 7) is 0. The van der Waals surface area contributed by atoms with Crippen LogP contribution in [0.5, 0.6) is 0 Å². The zero-order chi connectivity index (χ0) is 37.5. The van der Waals surface area contributed by atoms with E-state index in [2.05, 4.69) is 215 Å². The van der Waals surface area contributed by atoms with Gasteiger partial charge in [-0.25, -0.2) is 0 Å². The van der Waals surface area contributed by atoms with Crippen molar-refractivity contribution in [2.45, 2.75) is 0 Å². The number of aromatic nitrogens is 2. The predicted octanol–water partition coefficient (Wildman–Crippen LogP) is 15.2. The Kier molecular flexibility index (Phi) is 7.13. The van der Waals surface area contributed by atoms with Gasteiger partial charge in [-0.3, -0.25) is 0 Å². The van der Waals surface area contributed by atoms with Crippen molar-refractivity contribution in [3.63, 3.8) is 0 Å². The van der Waals surface area contributed by atoms with Crippen LogP contribution >= 0.6 is 11.3 Å². The van der Waals surface area contributed by atoms with Gasteiger partial charge < -0.3 is 9.13 Å². The van der Waals surface area contributed by atoms with Crippen molar-refractivity contribution in [1.29, 1.82) is 0 Å². The summed E-state index contributed by atoms with van der Waals surface area (Å²) in [5.41, 5.74) is 14.2. The molecule has 0 atom stereocenters. The fraction of sp³-hybridized carbons (Fsp3) is 0. The highest BCUT2D eigenvalue weighted by molar-refractivity contribution is 7.26. The van der Waals surface area contributed by atoms with Crippen LogP contribution in [0.25, 0.3) is 109 Å². The zero-order valence-corrected chi connectivity index (χ0v) is 31.7. The van der Waals surface area contributed by atoms with E-state index in [4.69, 9.17) is 0 Å². The molecule has 12 aromatic rings. The summed E-state index contributed by atoms with van der Waals surface area (Å²) in [5, 5.41) is 7.63. The van der Waals surface area contributed by atoms with E-state index in [1.807, 2.05) is 11.3 Å². The quantitative estimate of drug-likeness (QED) is 0.166. The van der Waals surface area contributed by atoms with Crippen molar-refractivity contribution in [3.8, 4) is 44.8 Å². The first kappa shape index (κ1) is 32.1. The molecule has 2 nitrogen and oxygen atoms in total. The highest BCUT2D eigenvalue weighted by atomic mass is 32.1. The Labute approximate surface area is 333 Å². The minimum absolute atomic E-state index is 1.13. The topological polar surface area (TPSA) is 9.86 Å². The summed E-state index contributed by atoms with van der Waals surface area (Å²) in [6.07, 6.45) is 0. The number of rotatable bonds is 5. The Hall–Kier alpha value is -7.20. The molecule has 0 aliphatic carbocycles. The van der Waals surface area contributed by atoms with Crippen LogP contribution in [0.1, 0.15) is 0 Å². The van der Waals surface area contributed by atoms with E-state index >= 15 is 0 Å². The van der Waals surface area contributed by atoms with E-state index < -0.39 is 0 Å². The predicted molar refractivity (Wildman–Crippen MR) is 244 cm³/mol. The van der Waals surface area contributed by atoms with Crippen LogP contribution < -0.4 is 0 Å². The second kappa shape index (κ2) is 12.7. The van der Waals surface area contributed by atoms with Crippen molar-refractivity contribution >= 4 is 75.1 Å². The molecule has 0 saturated heterocycles. The molecule has 0 spiro atoms. The Balaban J connectivity index is 1.18. The summed E-state index contributed by atoms with van der Waals surface area (Å²) in [4.78, 5) is 0. The average molecular weight is 743 g/mol. The van der Waals surface area contributed by atoms with Crippen molar-refractivity contribution in [3.05, 3.63) is 206 Å². The second-order valence-corrected chi connectivity index (χ2v) is 16.0. The molecule has 0 unspecified atom stereocenters. The number of hydrogen-bond donors (Lipinski definition) is 0. The van der Waals surface area contributed by atoms with Gasteiger partial charge in [-0.15, -0.1) is 11.3 Å². The Morgan fingerprint density at radius 1 is 0.281 bits per heavy atom. The number of fused-ring (bicyclic) bond motifs is 9. The molecule has 57 heavy (non-hydrogen) atoms. The van der Waals surface area contributed by atoms with Crippen LogP contribution in [-0.4, -0.2) is 9.13 Å². The largest absolute Gasteiger partial charge is 0.309 e. The Bertz CT molecular complexity index is 3290. The summed E-state index contributed by atoms with van der Waals surface area (Å²) in [7, 11) is 0. The molecule has 0 radical (unpaired) electrons. The lowest BCUT2D eigenvalue weighted by Crippen LogP contribution is -2.00. The van der Waals surface area contributed by atoms with Gasteiger partial charge in [0.2, 0.25) is 0 Å². The third-order valence-electron chi connectivity index (χ3n) is 11.7. The number of benzene rings is 9. The van der Waals surface area contributed by atoms with Crippen LogP contribution in [-0.2, 0) is 0 Å². The molecule has 3 heterocycles. The molecular formula is C54H34N2S. The fourth-order valence-electron chi connectivity index (χ4n) is 9.14. The van der Waals surface area contributed by atoms with E-state index in [1.165, 1.54) is 91.6 Å². The molecule has 9 aromatic carbocycles. The molecule has 12 rings (SSSR count). The molecule has 3 heteroatoms. The molecule has 0 N–H and O–H groups in total. The lowest BCUT2D eigenvalue weighted by atomic mass is 9.92. The van der Waals surface area contributed by atoms with Crippen LogP contribution in [0.2, 0.25) is 0 Å². The lowest BCUT2D eigenvalue weighted by Gasteiger charge is -2.17. The van der Waals surface area contributed by atoms with Crippen LogP contribution in [0.3, 0.4) is 0 Å². The first-order valence-electron chi connectivity index (χ1n) is 19.5. The molecule has 0 bridgehead atoms. The van der Waals surface area contributed by atoms with Crippen molar-refractivity contribution in [1.82, 2.24) is 9.13 Å². The van der Waals surface area contributed by atoms with E-state index in [0.29, 0.717) is 0 Å². The zero-order valence-electron chi connectivity index (χ0n) is 30.9. The van der Waals surface area contributed by atoms with Gasteiger partial charge in [-0.2, -0.15) is 0 Å². The smallest absolute Gasteiger partial charge is 0.0541 e. The summed E-state index contributed by atoms with van der Waals surface area (Å²) >= 11 is 1.89. The van der Waals surface area contributed by atoms with Gasteiger partial charge >= 0.3 is 0 Å². The Morgan fingerprint density at radius 3 is 1.26 bits per heavy atom. The third-order valence-corrected chi connectivity index (χ3v) is 12.9. The Morgan fingerprint density at radius 2 is 0.702 bits per heavy atom. The first-order chi connectivity index (χ1) is 28.3. The van der Waals surface area contributed by atoms with Gasteiger partial charge in [0, 0.05) is 53.1 Å². The van der Waals surface area contributed by atoms with Gasteiger partial charge in [0.25, 0.3) is 0 Å². The van der Waals surface area contributed by atoms with Crippen LogP contribution in [0, 0.1) is 0 Å². The van der Waals surface area contributed by atoms with Crippen molar-refractivity contribution < 1.29 is 0 Å². The van der Waals surface area contributed by atoms with Crippen LogP contribution in [0.15, 0.2) is 206 Å². The van der Waals surface area contributed by atoms with E-state index in [1.54, 1.807) is 0 Å². The highest BCUT2D eigenvalue weighted by Gasteiger charge is 2.19. The molecule has 266 valence electrons.